The fourth-order valence-corrected chi connectivity index (χ4v) is 3.83. The molecule has 0 bridgehead atoms. The van der Waals surface area contributed by atoms with Gasteiger partial charge in [-0.3, -0.25) is 15.3 Å². The third-order valence-electron chi connectivity index (χ3n) is 4.50. The molecular weight excluding hydrogens is 547 g/mol. The standard InChI is InChI=1S/C22H25IN2O6S/c1-30-19(5-3-4-6-20(27)25-29)21(17-13-14(23)7-12-18(17)26)31-22(28)24-15-8-10-16(32-2)11-9-15/h4,6-13,19,21,26,29H,3,5H2,1-2H3,(H,24,28)(H,25,27)/b6-4+/t19-,21-/m0/s1. The number of halogens is 1. The van der Waals surface area contributed by atoms with E-state index in [-0.39, 0.29) is 5.75 Å². The number of ether oxygens (including phenoxy) is 2. The molecule has 172 valence electrons. The molecule has 8 nitrogen and oxygen atoms in total. The molecule has 0 aliphatic heterocycles. The van der Waals surface area contributed by atoms with Gasteiger partial charge in [0.05, 0.1) is 6.10 Å². The van der Waals surface area contributed by atoms with Crippen molar-refractivity contribution in [2.24, 2.45) is 0 Å². The summed E-state index contributed by atoms with van der Waals surface area (Å²) in [6.07, 6.45) is 3.32. The van der Waals surface area contributed by atoms with E-state index in [1.165, 1.54) is 24.7 Å². The van der Waals surface area contributed by atoms with Crippen LogP contribution in [-0.2, 0) is 14.3 Å². The molecule has 2 aromatic rings. The van der Waals surface area contributed by atoms with Crippen LogP contribution in [-0.4, -0.2) is 41.8 Å². The monoisotopic (exact) mass is 572 g/mol. The van der Waals surface area contributed by atoms with Gasteiger partial charge in [-0.15, -0.1) is 11.8 Å². The molecule has 4 N–H and O–H groups in total. The minimum absolute atomic E-state index is 0.0233. The van der Waals surface area contributed by atoms with Crippen molar-refractivity contribution < 1.29 is 29.4 Å². The van der Waals surface area contributed by atoms with Gasteiger partial charge in [0.25, 0.3) is 5.91 Å². The van der Waals surface area contributed by atoms with Crippen molar-refractivity contribution in [1.82, 2.24) is 5.48 Å². The Bertz CT molecular complexity index is 939. The molecule has 2 atom stereocenters. The predicted molar refractivity (Wildman–Crippen MR) is 131 cm³/mol. The first-order valence-corrected chi connectivity index (χ1v) is 11.9. The number of thioether (sulfide) groups is 1. The van der Waals surface area contributed by atoms with Crippen LogP contribution in [0.3, 0.4) is 0 Å². The highest BCUT2D eigenvalue weighted by atomic mass is 127. The number of nitrogens with one attached hydrogen (secondary N) is 2. The van der Waals surface area contributed by atoms with E-state index in [4.69, 9.17) is 14.7 Å². The number of allylic oxidation sites excluding steroid dienone is 1. The molecule has 0 spiro atoms. The molecule has 0 aromatic heterocycles. The van der Waals surface area contributed by atoms with Crippen LogP contribution >= 0.6 is 34.4 Å². The first-order chi connectivity index (χ1) is 15.4. The third kappa shape index (κ3) is 8.01. The lowest BCUT2D eigenvalue weighted by Gasteiger charge is -2.27. The maximum atomic E-state index is 12.7. The maximum Gasteiger partial charge on any atom is 0.412 e. The molecule has 0 saturated heterocycles. The highest BCUT2D eigenvalue weighted by Crippen LogP contribution is 2.34. The van der Waals surface area contributed by atoms with Crippen molar-refractivity contribution in [2.75, 3.05) is 18.7 Å². The molecule has 0 aliphatic rings. The van der Waals surface area contributed by atoms with E-state index < -0.39 is 24.2 Å². The Balaban J connectivity index is 2.20. The summed E-state index contributed by atoms with van der Waals surface area (Å²) in [6, 6.07) is 12.3. The number of methoxy groups -OCH3 is 1. The fourth-order valence-electron chi connectivity index (χ4n) is 2.91. The summed E-state index contributed by atoms with van der Waals surface area (Å²) in [4.78, 5) is 24.8. The molecule has 0 heterocycles. The third-order valence-corrected chi connectivity index (χ3v) is 5.92. The van der Waals surface area contributed by atoms with Gasteiger partial charge in [-0.25, -0.2) is 10.3 Å². The van der Waals surface area contributed by atoms with Gasteiger partial charge in [0.1, 0.15) is 5.75 Å². The summed E-state index contributed by atoms with van der Waals surface area (Å²) < 4.78 is 12.1. The minimum Gasteiger partial charge on any atom is -0.508 e. The molecule has 2 aromatic carbocycles. The van der Waals surface area contributed by atoms with Gasteiger partial charge in [0.15, 0.2) is 6.10 Å². The summed E-state index contributed by atoms with van der Waals surface area (Å²) in [6.45, 7) is 0. The zero-order valence-corrected chi connectivity index (χ0v) is 20.6. The summed E-state index contributed by atoms with van der Waals surface area (Å²) in [7, 11) is 1.48. The molecule has 0 aliphatic carbocycles. The Morgan fingerprint density at radius 2 is 1.94 bits per heavy atom. The van der Waals surface area contributed by atoms with Gasteiger partial charge in [-0.2, -0.15) is 0 Å². The Kier molecular flexibility index (Phi) is 10.8. The fraction of sp³-hybridized carbons (Fsp3) is 0.273. The average Bonchev–Trinajstić information content (AvgIpc) is 2.80. The number of phenols is 1. The zero-order valence-electron chi connectivity index (χ0n) is 17.6. The van der Waals surface area contributed by atoms with Crippen LogP contribution in [0.4, 0.5) is 10.5 Å². The summed E-state index contributed by atoms with van der Waals surface area (Å²) in [5.41, 5.74) is 2.50. The van der Waals surface area contributed by atoms with Crippen LogP contribution in [0.2, 0.25) is 0 Å². The molecule has 32 heavy (non-hydrogen) atoms. The summed E-state index contributed by atoms with van der Waals surface area (Å²) in [5.74, 6) is -0.668. The normalized spacial score (nSPS) is 12.9. The Morgan fingerprint density at radius 3 is 2.56 bits per heavy atom. The Morgan fingerprint density at radius 1 is 1.22 bits per heavy atom. The number of hydrogen-bond acceptors (Lipinski definition) is 7. The van der Waals surface area contributed by atoms with Gasteiger partial charge < -0.3 is 14.6 Å². The second kappa shape index (κ2) is 13.3. The molecule has 0 fully saturated rings. The number of hydroxylamine groups is 1. The van der Waals surface area contributed by atoms with Gasteiger partial charge >= 0.3 is 6.09 Å². The number of phenolic OH excluding ortho intramolecular Hbond substituents is 1. The zero-order chi connectivity index (χ0) is 23.5. The van der Waals surface area contributed by atoms with Crippen molar-refractivity contribution in [1.29, 1.82) is 0 Å². The number of amides is 2. The molecule has 0 radical (unpaired) electrons. The molecule has 2 amide bonds. The SMILES string of the molecule is CO[C@@H](CC/C=C/C(=O)NO)[C@@H](OC(=O)Nc1ccc(SC)cc1)c1cc(I)ccc1O. The van der Waals surface area contributed by atoms with Gasteiger partial charge in [-0.1, -0.05) is 6.08 Å². The predicted octanol–water partition coefficient (Wildman–Crippen LogP) is 4.87. The van der Waals surface area contributed by atoms with E-state index in [9.17, 15) is 14.7 Å². The second-order valence-corrected chi connectivity index (χ2v) is 8.74. The first kappa shape index (κ1) is 26.0. The van der Waals surface area contributed by atoms with E-state index in [0.29, 0.717) is 24.1 Å². The molecule has 10 heteroatoms. The summed E-state index contributed by atoms with van der Waals surface area (Å²) in [5, 5.41) is 21.7. The van der Waals surface area contributed by atoms with Crippen molar-refractivity contribution in [2.45, 2.75) is 29.9 Å². The lowest BCUT2D eigenvalue weighted by molar-refractivity contribution is -0.124. The molecule has 2 rings (SSSR count). The van der Waals surface area contributed by atoms with Crippen LogP contribution in [0.1, 0.15) is 24.5 Å². The Hall–Kier alpha value is -2.28. The Labute approximate surface area is 204 Å². The number of benzene rings is 2. The largest absolute Gasteiger partial charge is 0.508 e. The van der Waals surface area contributed by atoms with Gasteiger partial charge in [0.2, 0.25) is 0 Å². The van der Waals surface area contributed by atoms with Gasteiger partial charge in [0, 0.05) is 32.9 Å². The minimum atomic E-state index is -0.903. The quantitative estimate of drug-likeness (QED) is 0.106. The van der Waals surface area contributed by atoms with E-state index in [1.807, 2.05) is 18.4 Å². The van der Waals surface area contributed by atoms with Crippen molar-refractivity contribution >= 4 is 52.0 Å². The number of carbonyl (C=O) groups is 2. The smallest absolute Gasteiger partial charge is 0.412 e. The number of rotatable bonds is 10. The summed E-state index contributed by atoms with van der Waals surface area (Å²) >= 11 is 3.70. The number of hydrogen-bond donors (Lipinski definition) is 4. The van der Waals surface area contributed by atoms with E-state index in [1.54, 1.807) is 42.1 Å². The highest BCUT2D eigenvalue weighted by Gasteiger charge is 2.29. The average molecular weight is 572 g/mol. The second-order valence-electron chi connectivity index (χ2n) is 6.61. The highest BCUT2D eigenvalue weighted by molar-refractivity contribution is 14.1. The van der Waals surface area contributed by atoms with E-state index >= 15 is 0 Å². The lowest BCUT2D eigenvalue weighted by Crippen LogP contribution is -2.28. The van der Waals surface area contributed by atoms with Crippen molar-refractivity contribution in [3.05, 3.63) is 63.8 Å². The molecule has 0 saturated carbocycles. The van der Waals surface area contributed by atoms with E-state index in [0.717, 1.165) is 8.47 Å². The van der Waals surface area contributed by atoms with Crippen LogP contribution < -0.4 is 10.8 Å². The molecule has 0 unspecified atom stereocenters. The number of aromatic hydroxyl groups is 1. The van der Waals surface area contributed by atoms with Crippen LogP contribution in [0.25, 0.3) is 0 Å². The van der Waals surface area contributed by atoms with Crippen molar-refractivity contribution in [3.63, 3.8) is 0 Å². The van der Waals surface area contributed by atoms with E-state index in [2.05, 4.69) is 27.9 Å². The van der Waals surface area contributed by atoms with Gasteiger partial charge in [-0.05, 0) is 84.2 Å². The number of anilines is 1. The molecular formula is C22H25IN2O6S. The first-order valence-electron chi connectivity index (χ1n) is 9.61. The van der Waals surface area contributed by atoms with Crippen LogP contribution in [0, 0.1) is 3.57 Å². The maximum absolute atomic E-state index is 12.7. The van der Waals surface area contributed by atoms with Crippen molar-refractivity contribution in [3.8, 4) is 5.75 Å². The topological polar surface area (TPSA) is 117 Å². The van der Waals surface area contributed by atoms with Crippen LogP contribution in [0.5, 0.6) is 5.75 Å². The lowest BCUT2D eigenvalue weighted by atomic mass is 9.99. The van der Waals surface area contributed by atoms with Crippen LogP contribution in [0.15, 0.2) is 59.5 Å². The number of carbonyl (C=O) groups excluding carboxylic acids is 2.